The third-order valence-electron chi connectivity index (χ3n) is 10.2. The number of benzene rings is 9. The Labute approximate surface area is 335 Å². The van der Waals surface area contributed by atoms with Gasteiger partial charge in [-0.1, -0.05) is 163 Å². The molecule has 0 aliphatic carbocycles. The normalized spacial score (nSPS) is 10.8. The van der Waals surface area contributed by atoms with Crippen molar-refractivity contribution in [2.75, 3.05) is 4.90 Å². The molecule has 0 unspecified atom stereocenters. The van der Waals surface area contributed by atoms with Crippen LogP contribution < -0.4 is 9.64 Å². The van der Waals surface area contributed by atoms with E-state index >= 15 is 0 Å². The lowest BCUT2D eigenvalue weighted by atomic mass is 9.98. The van der Waals surface area contributed by atoms with Crippen LogP contribution in [0.15, 0.2) is 205 Å². The zero-order chi connectivity index (χ0) is 39.1. The molecule has 0 saturated carbocycles. The Kier molecular flexibility index (Phi) is 10.8. The third kappa shape index (κ3) is 8.01. The van der Waals surface area contributed by atoms with Gasteiger partial charge in [0.1, 0.15) is 22.7 Å². The molecule has 57 heavy (non-hydrogen) atoms. The van der Waals surface area contributed by atoms with Gasteiger partial charge in [-0.25, -0.2) is 0 Å². The van der Waals surface area contributed by atoms with E-state index < -0.39 is 0 Å². The van der Waals surface area contributed by atoms with E-state index in [0.29, 0.717) is 0 Å². The van der Waals surface area contributed by atoms with Crippen LogP contribution in [-0.4, -0.2) is 0 Å². The molecule has 10 aromatic rings. The monoisotopic (exact) mass is 739 g/mol. The van der Waals surface area contributed by atoms with Crippen LogP contribution in [0, 0.1) is 27.7 Å². The molecule has 0 aliphatic heterocycles. The Morgan fingerprint density at radius 2 is 1.00 bits per heavy atom. The number of hydrogen-bond acceptors (Lipinski definition) is 3. The summed E-state index contributed by atoms with van der Waals surface area (Å²) >= 11 is 0. The molecule has 278 valence electrons. The minimum absolute atomic E-state index is 0.820. The van der Waals surface area contributed by atoms with Crippen LogP contribution in [0.1, 0.15) is 22.3 Å². The van der Waals surface area contributed by atoms with Crippen LogP contribution >= 0.6 is 0 Å². The van der Waals surface area contributed by atoms with Crippen molar-refractivity contribution in [2.45, 2.75) is 27.7 Å². The highest BCUT2D eigenvalue weighted by Gasteiger charge is 2.23. The average Bonchev–Trinajstić information content (AvgIpc) is 3.64. The molecule has 0 radical (unpaired) electrons. The molecule has 9 aromatic carbocycles. The number of rotatable bonds is 5. The van der Waals surface area contributed by atoms with E-state index in [1.807, 2.05) is 66.7 Å². The average molecular weight is 740 g/mol. The van der Waals surface area contributed by atoms with Gasteiger partial charge >= 0.3 is 0 Å². The van der Waals surface area contributed by atoms with E-state index in [1.54, 1.807) is 0 Å². The third-order valence-corrected chi connectivity index (χ3v) is 10.2. The first kappa shape index (κ1) is 36.9. The smallest absolute Gasteiger partial charge is 0.138 e. The van der Waals surface area contributed by atoms with Gasteiger partial charge in [0.2, 0.25) is 0 Å². The van der Waals surface area contributed by atoms with E-state index in [-0.39, 0.29) is 0 Å². The topological polar surface area (TPSA) is 25.6 Å². The molecule has 0 bridgehead atoms. The summed E-state index contributed by atoms with van der Waals surface area (Å²) in [6.45, 7) is 8.38. The molecule has 0 saturated heterocycles. The highest BCUT2D eigenvalue weighted by atomic mass is 16.5. The molecular weight excluding hydrogens is 695 g/mol. The van der Waals surface area contributed by atoms with Gasteiger partial charge in [-0.05, 0) is 104 Å². The SMILES string of the molecule is Cc1cc(N(c2cc3ccccc3c3ccccc23)c2cccc3oc4c(C)cccc4c23)ccc1Oc1ccccc1.Cc1ccccc1.Cc1ccccc1. The summed E-state index contributed by atoms with van der Waals surface area (Å²) in [7, 11) is 0. The minimum Gasteiger partial charge on any atom is -0.457 e. The fourth-order valence-electron chi connectivity index (χ4n) is 7.36. The largest absolute Gasteiger partial charge is 0.457 e. The molecule has 0 N–H and O–H groups in total. The molecule has 1 aromatic heterocycles. The van der Waals surface area contributed by atoms with Gasteiger partial charge in [-0.3, -0.25) is 0 Å². The lowest BCUT2D eigenvalue weighted by Gasteiger charge is -2.29. The number of furan rings is 1. The van der Waals surface area contributed by atoms with Crippen LogP contribution in [0.2, 0.25) is 0 Å². The summed E-state index contributed by atoms with van der Waals surface area (Å²) in [6, 6.07) is 69.3. The van der Waals surface area contributed by atoms with E-state index in [2.05, 4.69) is 166 Å². The van der Waals surface area contributed by atoms with E-state index in [0.717, 1.165) is 61.6 Å². The first-order chi connectivity index (χ1) is 27.9. The van der Waals surface area contributed by atoms with Gasteiger partial charge in [0.15, 0.2) is 0 Å². The predicted molar refractivity (Wildman–Crippen MR) is 242 cm³/mol. The molecule has 10 rings (SSSR count). The summed E-state index contributed by atoms with van der Waals surface area (Å²) in [4.78, 5) is 2.38. The molecule has 3 nitrogen and oxygen atoms in total. The van der Waals surface area contributed by atoms with Gasteiger partial charge in [0.25, 0.3) is 0 Å². The Hall–Kier alpha value is -7.10. The highest BCUT2D eigenvalue weighted by molar-refractivity contribution is 6.18. The van der Waals surface area contributed by atoms with Crippen molar-refractivity contribution in [3.8, 4) is 11.5 Å². The number of nitrogens with zero attached hydrogens (tertiary/aromatic N) is 1. The number of fused-ring (bicyclic) bond motifs is 6. The molecule has 0 atom stereocenters. The molecule has 3 heteroatoms. The van der Waals surface area contributed by atoms with Crippen LogP contribution in [-0.2, 0) is 0 Å². The maximum absolute atomic E-state index is 6.47. The maximum Gasteiger partial charge on any atom is 0.138 e. The highest BCUT2D eigenvalue weighted by Crippen LogP contribution is 2.47. The Morgan fingerprint density at radius 1 is 0.421 bits per heavy atom. The Morgan fingerprint density at radius 3 is 1.65 bits per heavy atom. The van der Waals surface area contributed by atoms with Gasteiger partial charge < -0.3 is 14.1 Å². The number of ether oxygens (including phenoxy) is 1. The molecule has 0 aliphatic rings. The standard InChI is InChI=1S/C40H29NO2.2C7H8/c1-26-12-10-19-34-39-35(20-11-21-38(39)43-40(26)34)41(29-22-23-37(27(2)24-29)42-30-14-4-3-5-15-30)36-25-28-13-6-7-16-31(28)32-17-8-9-18-33(32)36;2*1-7-5-3-2-4-6-7/h3-25H,1-2H3;2*2-6H,1H3. The van der Waals surface area contributed by atoms with E-state index in [4.69, 9.17) is 9.15 Å². The van der Waals surface area contributed by atoms with Crippen LogP contribution in [0.5, 0.6) is 11.5 Å². The zero-order valence-electron chi connectivity index (χ0n) is 32.8. The summed E-state index contributed by atoms with van der Waals surface area (Å²) < 4.78 is 12.7. The van der Waals surface area contributed by atoms with Crippen molar-refractivity contribution < 1.29 is 9.15 Å². The van der Waals surface area contributed by atoms with E-state index in [1.165, 1.54) is 32.7 Å². The van der Waals surface area contributed by atoms with Crippen molar-refractivity contribution in [3.05, 3.63) is 222 Å². The Balaban J connectivity index is 0.000000274. The first-order valence-corrected chi connectivity index (χ1v) is 19.4. The van der Waals surface area contributed by atoms with Gasteiger partial charge in [0, 0.05) is 16.5 Å². The molecule has 0 fully saturated rings. The second kappa shape index (κ2) is 16.7. The van der Waals surface area contributed by atoms with Crippen LogP contribution in [0.3, 0.4) is 0 Å². The van der Waals surface area contributed by atoms with Crippen molar-refractivity contribution in [1.29, 1.82) is 0 Å². The molecular formula is C54H45NO2. The van der Waals surface area contributed by atoms with Crippen molar-refractivity contribution in [3.63, 3.8) is 0 Å². The number of hydrogen-bond donors (Lipinski definition) is 0. The van der Waals surface area contributed by atoms with Crippen LogP contribution in [0.25, 0.3) is 43.5 Å². The lowest BCUT2D eigenvalue weighted by molar-refractivity contribution is 0.479. The first-order valence-electron chi connectivity index (χ1n) is 19.4. The van der Waals surface area contributed by atoms with Crippen molar-refractivity contribution in [2.24, 2.45) is 0 Å². The number of para-hydroxylation sites is 2. The summed E-state index contributed by atoms with van der Waals surface area (Å²) in [6.07, 6.45) is 0. The minimum atomic E-state index is 0.820. The fraction of sp³-hybridized carbons (Fsp3) is 0.0741. The number of anilines is 3. The second-order valence-corrected chi connectivity index (χ2v) is 14.4. The van der Waals surface area contributed by atoms with E-state index in [9.17, 15) is 0 Å². The van der Waals surface area contributed by atoms with Gasteiger partial charge in [-0.2, -0.15) is 0 Å². The molecule has 0 amide bonds. The Bertz CT molecular complexity index is 2880. The van der Waals surface area contributed by atoms with Gasteiger partial charge in [-0.15, -0.1) is 0 Å². The van der Waals surface area contributed by atoms with Crippen LogP contribution in [0.4, 0.5) is 17.1 Å². The molecule has 0 spiro atoms. The van der Waals surface area contributed by atoms with Gasteiger partial charge in [0.05, 0.1) is 16.8 Å². The summed E-state index contributed by atoms with van der Waals surface area (Å²) in [5.41, 5.74) is 9.85. The summed E-state index contributed by atoms with van der Waals surface area (Å²) in [5, 5.41) is 7.06. The quantitative estimate of drug-likeness (QED) is 0.164. The van der Waals surface area contributed by atoms with Crippen molar-refractivity contribution >= 4 is 60.5 Å². The molecule has 1 heterocycles. The fourth-order valence-corrected chi connectivity index (χ4v) is 7.36. The van der Waals surface area contributed by atoms with Crippen molar-refractivity contribution in [1.82, 2.24) is 0 Å². The second-order valence-electron chi connectivity index (χ2n) is 14.4. The predicted octanol–water partition coefficient (Wildman–Crippen LogP) is 15.8. The lowest BCUT2D eigenvalue weighted by Crippen LogP contribution is -2.11. The maximum atomic E-state index is 6.47. The summed E-state index contributed by atoms with van der Waals surface area (Å²) in [5.74, 6) is 1.65. The zero-order valence-corrected chi connectivity index (χ0v) is 32.8. The number of aryl methyl sites for hydroxylation is 4.